The van der Waals surface area contributed by atoms with Gasteiger partial charge < -0.3 is 9.47 Å². The molecule has 3 nitrogen and oxygen atoms in total. The Balaban J connectivity index is 1.59. The second-order valence-electron chi connectivity index (χ2n) is 6.47. The average Bonchev–Trinajstić information content (AvgIpc) is 2.65. The highest BCUT2D eigenvalue weighted by Crippen LogP contribution is 2.28. The molecule has 1 aromatic heterocycles. The Morgan fingerprint density at radius 2 is 1.96 bits per heavy atom. The largest absolute Gasteiger partial charge is 0.348 e. The van der Waals surface area contributed by atoms with Crippen LogP contribution < -0.4 is 0 Å². The minimum Gasteiger partial charge on any atom is -0.348 e. The number of unbranched alkanes of at least 4 members (excludes halogenated alkanes) is 2. The van der Waals surface area contributed by atoms with Crippen LogP contribution in [0.25, 0.3) is 11.3 Å². The average molecular weight is 364 g/mol. The first-order valence-corrected chi connectivity index (χ1v) is 9.19. The number of aromatic nitrogens is 1. The maximum Gasteiger partial charge on any atom is 0.185 e. The van der Waals surface area contributed by atoms with E-state index < -0.39 is 5.82 Å². The second-order valence-corrected chi connectivity index (χ2v) is 6.87. The number of hydrogen-bond acceptors (Lipinski definition) is 3. The van der Waals surface area contributed by atoms with E-state index in [0.717, 1.165) is 25.2 Å². The molecule has 0 radical (unpaired) electrons. The molecule has 5 heteroatoms. The molecule has 3 rings (SSSR count). The van der Waals surface area contributed by atoms with Crippen molar-refractivity contribution in [1.82, 2.24) is 4.98 Å². The van der Waals surface area contributed by atoms with E-state index in [2.05, 4.69) is 11.9 Å². The van der Waals surface area contributed by atoms with Crippen molar-refractivity contribution in [3.8, 4) is 11.3 Å². The highest BCUT2D eigenvalue weighted by molar-refractivity contribution is 6.30. The monoisotopic (exact) mass is 363 g/mol. The SMILES string of the molecule is CCCCC[C@H]1CO[C@H](c2ccc(-c3ccc(Cl)c(F)c3)nc2)OC1. The van der Waals surface area contributed by atoms with Crippen molar-refractivity contribution in [2.24, 2.45) is 5.92 Å². The molecule has 2 aromatic rings. The van der Waals surface area contributed by atoms with Crippen LogP contribution in [0.5, 0.6) is 0 Å². The molecule has 0 spiro atoms. The van der Waals surface area contributed by atoms with Crippen molar-refractivity contribution < 1.29 is 13.9 Å². The molecular weight excluding hydrogens is 341 g/mol. The van der Waals surface area contributed by atoms with E-state index >= 15 is 0 Å². The summed E-state index contributed by atoms with van der Waals surface area (Å²) in [5.41, 5.74) is 2.26. The molecule has 1 saturated heterocycles. The maximum atomic E-state index is 13.6. The van der Waals surface area contributed by atoms with Gasteiger partial charge in [-0.2, -0.15) is 0 Å². The summed E-state index contributed by atoms with van der Waals surface area (Å²) in [6.07, 6.45) is 6.23. The first-order valence-electron chi connectivity index (χ1n) is 8.82. The van der Waals surface area contributed by atoms with Crippen LogP contribution in [0.3, 0.4) is 0 Å². The van der Waals surface area contributed by atoms with Gasteiger partial charge in [0, 0.05) is 23.2 Å². The van der Waals surface area contributed by atoms with Gasteiger partial charge in [-0.1, -0.05) is 49.9 Å². The van der Waals surface area contributed by atoms with E-state index in [0.29, 0.717) is 17.2 Å². The van der Waals surface area contributed by atoms with Gasteiger partial charge in [0.1, 0.15) is 5.82 Å². The van der Waals surface area contributed by atoms with Gasteiger partial charge in [-0.15, -0.1) is 0 Å². The van der Waals surface area contributed by atoms with Gasteiger partial charge in [0.15, 0.2) is 6.29 Å². The lowest BCUT2D eigenvalue weighted by Crippen LogP contribution is -2.27. The number of ether oxygens (including phenoxy) is 2. The Kier molecular flexibility index (Phi) is 6.40. The van der Waals surface area contributed by atoms with Crippen molar-refractivity contribution >= 4 is 11.6 Å². The molecule has 0 atom stereocenters. The summed E-state index contributed by atoms with van der Waals surface area (Å²) < 4.78 is 25.3. The summed E-state index contributed by atoms with van der Waals surface area (Å²) in [4.78, 5) is 4.40. The zero-order chi connectivity index (χ0) is 17.6. The number of nitrogens with zero attached hydrogens (tertiary/aromatic N) is 1. The molecule has 25 heavy (non-hydrogen) atoms. The molecule has 1 aliphatic rings. The number of hydrogen-bond donors (Lipinski definition) is 0. The Hall–Kier alpha value is -1.49. The predicted octanol–water partition coefficient (Wildman–Crippen LogP) is 5.78. The molecular formula is C20H23ClFNO2. The van der Waals surface area contributed by atoms with Crippen LogP contribution in [0.1, 0.15) is 44.5 Å². The summed E-state index contributed by atoms with van der Waals surface area (Å²) in [6, 6.07) is 8.43. The van der Waals surface area contributed by atoms with Crippen molar-refractivity contribution in [3.05, 3.63) is 52.9 Å². The van der Waals surface area contributed by atoms with Crippen molar-refractivity contribution in [3.63, 3.8) is 0 Å². The van der Waals surface area contributed by atoms with E-state index in [4.69, 9.17) is 21.1 Å². The van der Waals surface area contributed by atoms with Crippen molar-refractivity contribution in [1.29, 1.82) is 0 Å². The third-order valence-electron chi connectivity index (χ3n) is 4.46. The van der Waals surface area contributed by atoms with Crippen LogP contribution in [0.2, 0.25) is 5.02 Å². The van der Waals surface area contributed by atoms with Gasteiger partial charge in [-0.25, -0.2) is 4.39 Å². The maximum absolute atomic E-state index is 13.6. The molecule has 2 heterocycles. The lowest BCUT2D eigenvalue weighted by molar-refractivity contribution is -0.206. The van der Waals surface area contributed by atoms with Crippen LogP contribution >= 0.6 is 11.6 Å². The lowest BCUT2D eigenvalue weighted by atomic mass is 10.0. The number of pyridine rings is 1. The normalized spacial score (nSPS) is 20.6. The second kappa shape index (κ2) is 8.75. The molecule has 0 bridgehead atoms. The Morgan fingerprint density at radius 3 is 2.60 bits per heavy atom. The zero-order valence-electron chi connectivity index (χ0n) is 14.4. The number of halogens is 2. The topological polar surface area (TPSA) is 31.4 Å². The fourth-order valence-electron chi connectivity index (χ4n) is 2.96. The lowest BCUT2D eigenvalue weighted by Gasteiger charge is -2.29. The molecule has 1 aromatic carbocycles. The number of rotatable bonds is 6. The summed E-state index contributed by atoms with van der Waals surface area (Å²) in [7, 11) is 0. The Labute approximate surface area is 153 Å². The van der Waals surface area contributed by atoms with Crippen molar-refractivity contribution in [2.45, 2.75) is 38.9 Å². The third kappa shape index (κ3) is 4.78. The van der Waals surface area contributed by atoms with Crippen LogP contribution in [0.4, 0.5) is 4.39 Å². The Morgan fingerprint density at radius 1 is 1.16 bits per heavy atom. The minimum atomic E-state index is -0.446. The van der Waals surface area contributed by atoms with E-state index in [1.54, 1.807) is 12.3 Å². The van der Waals surface area contributed by atoms with Crippen LogP contribution in [0, 0.1) is 11.7 Å². The van der Waals surface area contributed by atoms with Gasteiger partial charge >= 0.3 is 0 Å². The molecule has 0 amide bonds. The van der Waals surface area contributed by atoms with Gasteiger partial charge in [0.2, 0.25) is 0 Å². The van der Waals surface area contributed by atoms with Gasteiger partial charge in [0.05, 0.1) is 23.9 Å². The molecule has 0 unspecified atom stereocenters. The van der Waals surface area contributed by atoms with Crippen LogP contribution in [-0.2, 0) is 9.47 Å². The van der Waals surface area contributed by atoms with E-state index in [1.807, 2.05) is 12.1 Å². The quantitative estimate of drug-likeness (QED) is 0.609. The van der Waals surface area contributed by atoms with Gasteiger partial charge in [-0.3, -0.25) is 4.98 Å². The summed E-state index contributed by atoms with van der Waals surface area (Å²) in [5.74, 6) is 0.0326. The summed E-state index contributed by atoms with van der Waals surface area (Å²) in [5, 5.41) is 0.109. The number of benzene rings is 1. The molecule has 0 N–H and O–H groups in total. The first kappa shape index (κ1) is 18.3. The zero-order valence-corrected chi connectivity index (χ0v) is 15.1. The summed E-state index contributed by atoms with van der Waals surface area (Å²) >= 11 is 5.72. The van der Waals surface area contributed by atoms with Crippen molar-refractivity contribution in [2.75, 3.05) is 13.2 Å². The standard InChI is InChI=1S/C20H23ClFNO2/c1-2-3-4-5-14-12-24-20(25-13-14)16-7-9-19(23-11-16)15-6-8-17(21)18(22)10-15/h6-11,14,20H,2-5,12-13H2,1H3/t14-,20-. The molecule has 0 saturated carbocycles. The third-order valence-corrected chi connectivity index (χ3v) is 4.76. The van der Waals surface area contributed by atoms with E-state index in [-0.39, 0.29) is 11.3 Å². The fourth-order valence-corrected chi connectivity index (χ4v) is 3.07. The highest BCUT2D eigenvalue weighted by Gasteiger charge is 2.23. The minimum absolute atomic E-state index is 0.109. The Bertz CT molecular complexity index is 685. The smallest absolute Gasteiger partial charge is 0.185 e. The molecule has 0 aliphatic carbocycles. The molecule has 134 valence electrons. The van der Waals surface area contributed by atoms with Crippen LogP contribution in [0.15, 0.2) is 36.5 Å². The summed E-state index contributed by atoms with van der Waals surface area (Å²) in [6.45, 7) is 3.65. The molecule has 1 fully saturated rings. The van der Waals surface area contributed by atoms with E-state index in [9.17, 15) is 4.39 Å². The first-order chi connectivity index (χ1) is 12.2. The van der Waals surface area contributed by atoms with Gasteiger partial charge in [0.25, 0.3) is 0 Å². The molecule has 1 aliphatic heterocycles. The fraction of sp³-hybridized carbons (Fsp3) is 0.450. The van der Waals surface area contributed by atoms with Gasteiger partial charge in [-0.05, 0) is 24.6 Å². The van der Waals surface area contributed by atoms with E-state index in [1.165, 1.54) is 31.4 Å². The predicted molar refractivity (Wildman–Crippen MR) is 96.9 cm³/mol. The highest BCUT2D eigenvalue weighted by atomic mass is 35.5. The van der Waals surface area contributed by atoms with Crippen LogP contribution in [-0.4, -0.2) is 18.2 Å².